The molecule has 0 atom stereocenters. The van der Waals surface area contributed by atoms with Crippen LogP contribution in [0.1, 0.15) is 20.7 Å². The third kappa shape index (κ3) is 1.26. The van der Waals surface area contributed by atoms with Gasteiger partial charge in [0.2, 0.25) is 0 Å². The monoisotopic (exact) mass is 246 g/mol. The second-order valence-corrected chi connectivity index (χ2v) is 4.50. The van der Waals surface area contributed by atoms with Crippen LogP contribution in [0.2, 0.25) is 0 Å². The van der Waals surface area contributed by atoms with Gasteiger partial charge in [0.15, 0.2) is 0 Å². The fraction of sp³-hybridized carbons (Fsp3) is 0.182. The molecule has 2 amide bonds. The van der Waals surface area contributed by atoms with E-state index in [4.69, 9.17) is 9.68 Å². The number of thiocyanates is 1. The lowest BCUT2D eigenvalue weighted by molar-refractivity contribution is 0.0664. The van der Waals surface area contributed by atoms with Crippen molar-refractivity contribution in [3.8, 4) is 5.40 Å². The van der Waals surface area contributed by atoms with Crippen LogP contribution in [0.15, 0.2) is 16.5 Å². The molecule has 0 fully saturated rings. The zero-order valence-corrected chi connectivity index (χ0v) is 9.41. The summed E-state index contributed by atoms with van der Waals surface area (Å²) in [5.74, 6) is -0.219. The lowest BCUT2D eigenvalue weighted by Crippen LogP contribution is -2.32. The molecule has 1 aliphatic rings. The van der Waals surface area contributed by atoms with E-state index in [0.29, 0.717) is 28.0 Å². The lowest BCUT2D eigenvalue weighted by atomic mass is 10.1. The summed E-state index contributed by atoms with van der Waals surface area (Å²) in [5, 5.41) is 10.3. The Morgan fingerprint density at radius 2 is 1.82 bits per heavy atom. The van der Waals surface area contributed by atoms with E-state index in [1.165, 1.54) is 4.90 Å². The SMILES string of the molecule is N#CSCCN1C(=O)c2c(c3ccc2o3)C1=O. The van der Waals surface area contributed by atoms with Gasteiger partial charge >= 0.3 is 0 Å². The Balaban J connectivity index is 1.93. The molecular formula is C11H6N2O3S. The highest BCUT2D eigenvalue weighted by Gasteiger charge is 2.41. The molecule has 3 rings (SSSR count). The Hall–Kier alpha value is -2.00. The van der Waals surface area contributed by atoms with E-state index < -0.39 is 0 Å². The van der Waals surface area contributed by atoms with Crippen molar-refractivity contribution >= 4 is 34.7 Å². The maximum Gasteiger partial charge on any atom is 0.265 e. The summed E-state index contributed by atoms with van der Waals surface area (Å²) in [6.45, 7) is 0.253. The third-order valence-corrected chi connectivity index (χ3v) is 3.26. The molecule has 17 heavy (non-hydrogen) atoms. The Bertz CT molecular complexity index is 610. The first-order chi connectivity index (χ1) is 8.24. The summed E-state index contributed by atoms with van der Waals surface area (Å²) in [6, 6.07) is 3.37. The average molecular weight is 246 g/mol. The summed E-state index contributed by atoms with van der Waals surface area (Å²) in [7, 11) is 0. The van der Waals surface area contributed by atoms with Gasteiger partial charge in [-0.2, -0.15) is 5.26 Å². The molecule has 2 aromatic heterocycles. The standard InChI is InChI=1S/C11H6N2O3S/c12-5-17-4-3-13-10(14)8-6-1-2-7(16-6)9(8)11(13)15/h1-2H,3-4H2. The number of nitriles is 1. The first kappa shape index (κ1) is 10.2. The lowest BCUT2D eigenvalue weighted by Gasteiger charge is -2.11. The molecule has 1 aliphatic heterocycles. The van der Waals surface area contributed by atoms with Gasteiger partial charge in [0.1, 0.15) is 16.6 Å². The highest BCUT2D eigenvalue weighted by Crippen LogP contribution is 2.35. The zero-order chi connectivity index (χ0) is 12.0. The summed E-state index contributed by atoms with van der Waals surface area (Å²) in [4.78, 5) is 25.1. The molecule has 84 valence electrons. The number of carbonyl (C=O) groups is 2. The van der Waals surface area contributed by atoms with Crippen LogP contribution in [0.25, 0.3) is 11.2 Å². The number of rotatable bonds is 3. The van der Waals surface area contributed by atoms with Crippen molar-refractivity contribution in [1.82, 2.24) is 4.90 Å². The van der Waals surface area contributed by atoms with Crippen LogP contribution in [0.5, 0.6) is 0 Å². The van der Waals surface area contributed by atoms with Crippen molar-refractivity contribution in [2.24, 2.45) is 0 Å². The summed E-state index contributed by atoms with van der Waals surface area (Å²) in [6.07, 6.45) is 0. The zero-order valence-electron chi connectivity index (χ0n) is 8.60. The number of amides is 2. The van der Waals surface area contributed by atoms with Gasteiger partial charge in [0.25, 0.3) is 11.8 Å². The molecule has 6 heteroatoms. The number of furan rings is 2. The largest absolute Gasteiger partial charge is 0.456 e. The van der Waals surface area contributed by atoms with Crippen molar-refractivity contribution in [3.05, 3.63) is 23.3 Å². The quantitative estimate of drug-likeness (QED) is 0.468. The predicted octanol–water partition coefficient (Wildman–Crippen LogP) is 1.68. The number of imide groups is 1. The fourth-order valence-corrected chi connectivity index (χ4v) is 2.39. The maximum absolute atomic E-state index is 12.0. The van der Waals surface area contributed by atoms with Gasteiger partial charge < -0.3 is 4.42 Å². The van der Waals surface area contributed by atoms with Crippen molar-refractivity contribution < 1.29 is 14.0 Å². The van der Waals surface area contributed by atoms with Crippen LogP contribution in [-0.2, 0) is 0 Å². The van der Waals surface area contributed by atoms with E-state index in [1.54, 1.807) is 12.1 Å². The van der Waals surface area contributed by atoms with E-state index in [1.807, 2.05) is 5.40 Å². The fourth-order valence-electron chi connectivity index (χ4n) is 2.03. The van der Waals surface area contributed by atoms with Crippen molar-refractivity contribution in [1.29, 1.82) is 5.26 Å². The molecule has 0 aromatic carbocycles. The summed E-state index contributed by atoms with van der Waals surface area (Å²) < 4.78 is 5.28. The minimum Gasteiger partial charge on any atom is -0.456 e. The van der Waals surface area contributed by atoms with Gasteiger partial charge in [0, 0.05) is 12.3 Å². The second-order valence-electron chi connectivity index (χ2n) is 3.62. The van der Waals surface area contributed by atoms with Gasteiger partial charge in [-0.3, -0.25) is 14.5 Å². The Labute approximate surface area is 100 Å². The van der Waals surface area contributed by atoms with Crippen LogP contribution in [-0.4, -0.2) is 29.0 Å². The van der Waals surface area contributed by atoms with E-state index in [-0.39, 0.29) is 18.4 Å². The van der Waals surface area contributed by atoms with E-state index >= 15 is 0 Å². The van der Waals surface area contributed by atoms with Gasteiger partial charge in [-0.1, -0.05) is 0 Å². The predicted molar refractivity (Wildman–Crippen MR) is 60.8 cm³/mol. The number of hydrogen-bond acceptors (Lipinski definition) is 5. The molecular weight excluding hydrogens is 240 g/mol. The molecule has 0 unspecified atom stereocenters. The van der Waals surface area contributed by atoms with Crippen LogP contribution >= 0.6 is 11.8 Å². The number of benzene rings is 1. The molecule has 3 heterocycles. The first-order valence-electron chi connectivity index (χ1n) is 4.96. The van der Waals surface area contributed by atoms with Gasteiger partial charge in [-0.25, -0.2) is 0 Å². The topological polar surface area (TPSA) is 74.3 Å². The Kier molecular flexibility index (Phi) is 2.09. The molecule has 0 aliphatic carbocycles. The van der Waals surface area contributed by atoms with Crippen molar-refractivity contribution in [3.63, 3.8) is 0 Å². The van der Waals surface area contributed by atoms with Crippen LogP contribution in [0, 0.1) is 10.7 Å². The Morgan fingerprint density at radius 3 is 2.35 bits per heavy atom. The second kappa shape index (κ2) is 3.50. The molecule has 0 spiro atoms. The van der Waals surface area contributed by atoms with E-state index in [2.05, 4.69) is 0 Å². The van der Waals surface area contributed by atoms with Crippen LogP contribution in [0.3, 0.4) is 0 Å². The molecule has 2 aromatic rings. The number of carbonyl (C=O) groups excluding carboxylic acids is 2. The number of fused-ring (bicyclic) bond motifs is 5. The van der Waals surface area contributed by atoms with E-state index in [0.717, 1.165) is 11.8 Å². The first-order valence-corrected chi connectivity index (χ1v) is 5.94. The minimum absolute atomic E-state index is 0.253. The van der Waals surface area contributed by atoms with Gasteiger partial charge in [-0.15, -0.1) is 0 Å². The molecule has 5 nitrogen and oxygen atoms in total. The summed E-state index contributed by atoms with van der Waals surface area (Å²) >= 11 is 1.02. The van der Waals surface area contributed by atoms with Crippen LogP contribution in [0.4, 0.5) is 0 Å². The van der Waals surface area contributed by atoms with Crippen molar-refractivity contribution in [2.75, 3.05) is 12.3 Å². The van der Waals surface area contributed by atoms with Crippen LogP contribution < -0.4 is 0 Å². The number of thioether (sulfide) groups is 1. The molecule has 0 N–H and O–H groups in total. The van der Waals surface area contributed by atoms with Gasteiger partial charge in [0.05, 0.1) is 11.1 Å². The summed E-state index contributed by atoms with van der Waals surface area (Å²) in [5.41, 5.74) is 1.66. The smallest absolute Gasteiger partial charge is 0.265 e. The molecule has 0 radical (unpaired) electrons. The molecule has 0 saturated carbocycles. The molecule has 0 saturated heterocycles. The number of hydrogen-bond donors (Lipinski definition) is 0. The highest BCUT2D eigenvalue weighted by molar-refractivity contribution is 8.03. The number of nitrogens with zero attached hydrogens (tertiary/aromatic N) is 2. The normalized spacial score (nSPS) is 14.6. The van der Waals surface area contributed by atoms with Gasteiger partial charge in [-0.05, 0) is 23.9 Å². The van der Waals surface area contributed by atoms with E-state index in [9.17, 15) is 9.59 Å². The highest BCUT2D eigenvalue weighted by atomic mass is 32.2. The minimum atomic E-state index is -0.321. The Morgan fingerprint density at radius 1 is 1.24 bits per heavy atom. The average Bonchev–Trinajstić information content (AvgIpc) is 2.97. The maximum atomic E-state index is 12.0. The third-order valence-electron chi connectivity index (χ3n) is 2.75. The van der Waals surface area contributed by atoms with Crippen molar-refractivity contribution in [2.45, 2.75) is 0 Å². The molecule has 2 bridgehead atoms.